The summed E-state index contributed by atoms with van der Waals surface area (Å²) in [5, 5.41) is 8.68. The van der Waals surface area contributed by atoms with Crippen LogP contribution in [0.25, 0.3) is 0 Å². The molecular weight excluding hydrogens is 154 g/mol. The minimum absolute atomic E-state index is 0.109. The van der Waals surface area contributed by atoms with Gasteiger partial charge in [0.2, 0.25) is 0 Å². The van der Waals surface area contributed by atoms with Gasteiger partial charge in [-0.2, -0.15) is 0 Å². The number of aryl methyl sites for hydroxylation is 1. The molecule has 0 bridgehead atoms. The van der Waals surface area contributed by atoms with Crippen molar-refractivity contribution in [3.05, 3.63) is 18.2 Å². The maximum atomic E-state index is 8.68. The lowest BCUT2D eigenvalue weighted by atomic mass is 10.2. The molecule has 4 heteroatoms. The van der Waals surface area contributed by atoms with Gasteiger partial charge in [-0.05, 0) is 13.3 Å². The van der Waals surface area contributed by atoms with Gasteiger partial charge < -0.3 is 15.4 Å². The highest BCUT2D eigenvalue weighted by Gasteiger charge is 2.10. The maximum Gasteiger partial charge on any atom is 0.125 e. The molecule has 4 nitrogen and oxygen atoms in total. The van der Waals surface area contributed by atoms with Crippen molar-refractivity contribution in [3.8, 4) is 0 Å². The molecule has 0 aromatic carbocycles. The molecule has 0 saturated heterocycles. The van der Waals surface area contributed by atoms with E-state index in [1.54, 1.807) is 6.20 Å². The largest absolute Gasteiger partial charge is 0.396 e. The molecule has 12 heavy (non-hydrogen) atoms. The van der Waals surface area contributed by atoms with Crippen LogP contribution in [0, 0.1) is 0 Å². The van der Waals surface area contributed by atoms with E-state index >= 15 is 0 Å². The second-order valence-corrected chi connectivity index (χ2v) is 2.69. The zero-order chi connectivity index (χ0) is 8.97. The van der Waals surface area contributed by atoms with E-state index in [-0.39, 0.29) is 12.6 Å². The Bertz CT molecular complexity index is 234. The summed E-state index contributed by atoms with van der Waals surface area (Å²) in [6.45, 7) is 3.02. The zero-order valence-electron chi connectivity index (χ0n) is 7.27. The van der Waals surface area contributed by atoms with Crippen molar-refractivity contribution in [2.45, 2.75) is 25.9 Å². The second-order valence-electron chi connectivity index (χ2n) is 2.69. The first-order valence-corrected chi connectivity index (χ1v) is 4.17. The Hall–Kier alpha value is -0.870. The average Bonchev–Trinajstić information content (AvgIpc) is 2.51. The smallest absolute Gasteiger partial charge is 0.125 e. The Morgan fingerprint density at radius 1 is 1.75 bits per heavy atom. The van der Waals surface area contributed by atoms with E-state index in [0.29, 0.717) is 6.42 Å². The fraction of sp³-hybridized carbons (Fsp3) is 0.625. The number of aromatic nitrogens is 2. The van der Waals surface area contributed by atoms with Gasteiger partial charge in [0.1, 0.15) is 5.82 Å². The van der Waals surface area contributed by atoms with Crippen LogP contribution in [0.3, 0.4) is 0 Å². The van der Waals surface area contributed by atoms with Gasteiger partial charge in [0.05, 0.1) is 6.04 Å². The predicted molar refractivity (Wildman–Crippen MR) is 46.5 cm³/mol. The molecule has 3 N–H and O–H groups in total. The average molecular weight is 169 g/mol. The van der Waals surface area contributed by atoms with E-state index in [2.05, 4.69) is 4.98 Å². The van der Waals surface area contributed by atoms with Crippen LogP contribution < -0.4 is 5.73 Å². The summed E-state index contributed by atoms with van der Waals surface area (Å²) in [5.41, 5.74) is 5.78. The number of nitrogens with zero attached hydrogens (tertiary/aromatic N) is 2. The molecule has 0 amide bonds. The van der Waals surface area contributed by atoms with Crippen LogP contribution in [0.1, 0.15) is 25.2 Å². The lowest BCUT2D eigenvalue weighted by Gasteiger charge is -2.10. The normalized spacial score (nSPS) is 13.2. The molecule has 0 aliphatic heterocycles. The van der Waals surface area contributed by atoms with E-state index < -0.39 is 0 Å². The van der Waals surface area contributed by atoms with Crippen LogP contribution in [0.2, 0.25) is 0 Å². The minimum atomic E-state index is -0.148. The first-order valence-electron chi connectivity index (χ1n) is 4.17. The Labute approximate surface area is 72.0 Å². The number of rotatable bonds is 4. The third-order valence-corrected chi connectivity index (χ3v) is 1.86. The number of hydrogen-bond donors (Lipinski definition) is 2. The summed E-state index contributed by atoms with van der Waals surface area (Å²) in [6.07, 6.45) is 4.19. The first-order chi connectivity index (χ1) is 5.79. The third kappa shape index (κ3) is 1.84. The fourth-order valence-corrected chi connectivity index (χ4v) is 1.19. The topological polar surface area (TPSA) is 64.1 Å². The van der Waals surface area contributed by atoms with E-state index in [4.69, 9.17) is 10.8 Å². The van der Waals surface area contributed by atoms with E-state index in [9.17, 15) is 0 Å². The minimum Gasteiger partial charge on any atom is -0.396 e. The quantitative estimate of drug-likeness (QED) is 0.680. The van der Waals surface area contributed by atoms with Crippen LogP contribution in [0.4, 0.5) is 0 Å². The van der Waals surface area contributed by atoms with Crippen molar-refractivity contribution < 1.29 is 5.11 Å². The molecule has 0 spiro atoms. The van der Waals surface area contributed by atoms with Crippen molar-refractivity contribution >= 4 is 0 Å². The monoisotopic (exact) mass is 169 g/mol. The number of aliphatic hydroxyl groups is 1. The van der Waals surface area contributed by atoms with E-state index in [1.807, 2.05) is 17.7 Å². The third-order valence-electron chi connectivity index (χ3n) is 1.86. The molecule has 0 saturated carbocycles. The molecule has 1 atom stereocenters. The van der Waals surface area contributed by atoms with Crippen molar-refractivity contribution in [3.63, 3.8) is 0 Å². The Morgan fingerprint density at radius 2 is 2.50 bits per heavy atom. The van der Waals surface area contributed by atoms with Gasteiger partial charge in [0.25, 0.3) is 0 Å². The summed E-state index contributed by atoms with van der Waals surface area (Å²) in [4.78, 5) is 4.13. The Balaban J connectivity index is 2.71. The number of aliphatic hydroxyl groups excluding tert-OH is 1. The van der Waals surface area contributed by atoms with Crippen molar-refractivity contribution in [2.24, 2.45) is 5.73 Å². The van der Waals surface area contributed by atoms with Crippen molar-refractivity contribution in [2.75, 3.05) is 6.61 Å². The molecule has 1 rings (SSSR count). The number of hydrogen-bond acceptors (Lipinski definition) is 3. The second kappa shape index (κ2) is 4.23. The Kier molecular flexibility index (Phi) is 3.25. The Morgan fingerprint density at radius 3 is 3.08 bits per heavy atom. The summed E-state index contributed by atoms with van der Waals surface area (Å²) in [5.74, 6) is 0.853. The molecule has 68 valence electrons. The molecule has 1 aromatic heterocycles. The van der Waals surface area contributed by atoms with Gasteiger partial charge in [0, 0.05) is 25.5 Å². The zero-order valence-corrected chi connectivity index (χ0v) is 7.27. The summed E-state index contributed by atoms with van der Waals surface area (Å²) in [6, 6.07) is -0.148. The summed E-state index contributed by atoms with van der Waals surface area (Å²) < 4.78 is 1.99. The van der Waals surface area contributed by atoms with Crippen LogP contribution >= 0.6 is 0 Å². The molecule has 1 heterocycles. The lowest BCUT2D eigenvalue weighted by Crippen LogP contribution is -2.17. The van der Waals surface area contributed by atoms with Gasteiger partial charge in [0.15, 0.2) is 0 Å². The van der Waals surface area contributed by atoms with Crippen molar-refractivity contribution in [1.29, 1.82) is 0 Å². The van der Waals surface area contributed by atoms with E-state index in [1.165, 1.54) is 0 Å². The molecule has 0 unspecified atom stereocenters. The number of imidazole rings is 1. The molecular formula is C8H15N3O. The lowest BCUT2D eigenvalue weighted by molar-refractivity contribution is 0.273. The van der Waals surface area contributed by atoms with Gasteiger partial charge in [-0.25, -0.2) is 4.98 Å². The van der Waals surface area contributed by atoms with Gasteiger partial charge in [-0.1, -0.05) is 0 Å². The van der Waals surface area contributed by atoms with Crippen LogP contribution in [-0.2, 0) is 6.54 Å². The molecule has 0 radical (unpaired) electrons. The molecule has 0 aliphatic carbocycles. The van der Waals surface area contributed by atoms with Crippen LogP contribution in [0.15, 0.2) is 12.4 Å². The standard InChI is InChI=1S/C8H15N3O/c1-2-11-5-4-10-8(11)7(9)3-6-12/h4-5,7,12H,2-3,6,9H2,1H3/t7-/m1/s1. The summed E-state index contributed by atoms with van der Waals surface area (Å²) >= 11 is 0. The van der Waals surface area contributed by atoms with Crippen molar-refractivity contribution in [1.82, 2.24) is 9.55 Å². The molecule has 0 fully saturated rings. The maximum absolute atomic E-state index is 8.68. The van der Waals surface area contributed by atoms with E-state index in [0.717, 1.165) is 12.4 Å². The summed E-state index contributed by atoms with van der Waals surface area (Å²) in [7, 11) is 0. The van der Waals surface area contributed by atoms with Crippen LogP contribution in [-0.4, -0.2) is 21.3 Å². The first kappa shape index (κ1) is 9.22. The highest BCUT2D eigenvalue weighted by atomic mass is 16.3. The number of nitrogens with two attached hydrogens (primary N) is 1. The highest BCUT2D eigenvalue weighted by Crippen LogP contribution is 2.10. The highest BCUT2D eigenvalue weighted by molar-refractivity contribution is 4.98. The predicted octanol–water partition coefficient (Wildman–Crippen LogP) is 0.285. The van der Waals surface area contributed by atoms with Crippen LogP contribution in [0.5, 0.6) is 0 Å². The molecule has 0 aliphatic rings. The SMILES string of the molecule is CCn1ccnc1[C@H](N)CCO. The van der Waals surface area contributed by atoms with Gasteiger partial charge in [-0.3, -0.25) is 0 Å². The fourth-order valence-electron chi connectivity index (χ4n) is 1.19. The van der Waals surface area contributed by atoms with Gasteiger partial charge >= 0.3 is 0 Å². The molecule has 1 aromatic rings. The van der Waals surface area contributed by atoms with Gasteiger partial charge in [-0.15, -0.1) is 0 Å².